The van der Waals surface area contributed by atoms with Crippen LogP contribution in [-0.4, -0.2) is 48.1 Å². The molecule has 2 aliphatic rings. The fourth-order valence-corrected chi connectivity index (χ4v) is 3.82. The van der Waals surface area contributed by atoms with Crippen molar-refractivity contribution in [2.24, 2.45) is 0 Å². The quantitative estimate of drug-likeness (QED) is 0.841. The molecule has 1 heterocycles. The molecule has 126 valence electrons. The molecule has 0 bridgehead atoms. The molecular formula is C19H29N3O. The molecule has 1 aromatic carbocycles. The predicted molar refractivity (Wildman–Crippen MR) is 94.8 cm³/mol. The lowest BCUT2D eigenvalue weighted by Crippen LogP contribution is -2.52. The molecule has 4 nitrogen and oxygen atoms in total. The highest BCUT2D eigenvalue weighted by Crippen LogP contribution is 2.23. The van der Waals surface area contributed by atoms with Crippen LogP contribution < -0.4 is 5.32 Å². The van der Waals surface area contributed by atoms with Gasteiger partial charge in [-0.1, -0.05) is 43.9 Å². The lowest BCUT2D eigenvalue weighted by molar-refractivity contribution is 0.105. The number of hydrogen-bond acceptors (Lipinski definition) is 2. The van der Waals surface area contributed by atoms with Gasteiger partial charge in [0.1, 0.15) is 0 Å². The fraction of sp³-hybridized carbons (Fsp3) is 0.632. The monoisotopic (exact) mass is 315 g/mol. The number of amides is 2. The minimum atomic E-state index is 0.0415. The number of piperazine rings is 1. The van der Waals surface area contributed by atoms with E-state index in [2.05, 4.69) is 10.2 Å². The predicted octanol–water partition coefficient (Wildman–Crippen LogP) is 3.87. The third kappa shape index (κ3) is 4.25. The molecule has 0 atom stereocenters. The van der Waals surface area contributed by atoms with Gasteiger partial charge in [-0.05, 0) is 31.4 Å². The van der Waals surface area contributed by atoms with Crippen molar-refractivity contribution in [2.45, 2.75) is 51.5 Å². The van der Waals surface area contributed by atoms with Crippen molar-refractivity contribution in [3.05, 3.63) is 29.8 Å². The van der Waals surface area contributed by atoms with Gasteiger partial charge in [0.2, 0.25) is 0 Å². The van der Waals surface area contributed by atoms with Gasteiger partial charge in [0.05, 0.1) is 0 Å². The maximum Gasteiger partial charge on any atom is 0.321 e. The lowest BCUT2D eigenvalue weighted by atomic mass is 10.1. The number of nitrogens with zero attached hydrogens (tertiary/aromatic N) is 2. The number of benzene rings is 1. The normalized spacial score (nSPS) is 21.0. The van der Waals surface area contributed by atoms with Crippen LogP contribution in [0.2, 0.25) is 0 Å². The lowest BCUT2D eigenvalue weighted by Gasteiger charge is -2.39. The summed E-state index contributed by atoms with van der Waals surface area (Å²) in [6.45, 7) is 5.75. The molecule has 3 rings (SSSR count). The van der Waals surface area contributed by atoms with Crippen LogP contribution in [0.4, 0.5) is 10.5 Å². The summed E-state index contributed by atoms with van der Waals surface area (Å²) in [4.78, 5) is 17.0. The first kappa shape index (κ1) is 16.3. The number of carbonyl (C=O) groups excluding carboxylic acids is 1. The Hall–Kier alpha value is -1.55. The maximum atomic E-state index is 12.5. The first-order valence-electron chi connectivity index (χ1n) is 9.09. The van der Waals surface area contributed by atoms with E-state index in [1.165, 1.54) is 38.5 Å². The second kappa shape index (κ2) is 7.82. The number of carbonyl (C=O) groups is 1. The fourth-order valence-electron chi connectivity index (χ4n) is 3.82. The van der Waals surface area contributed by atoms with Crippen LogP contribution >= 0.6 is 0 Å². The average molecular weight is 315 g/mol. The zero-order valence-electron chi connectivity index (χ0n) is 14.3. The topological polar surface area (TPSA) is 35.6 Å². The van der Waals surface area contributed by atoms with Crippen molar-refractivity contribution in [1.82, 2.24) is 9.80 Å². The largest absolute Gasteiger partial charge is 0.322 e. The molecular weight excluding hydrogens is 286 g/mol. The van der Waals surface area contributed by atoms with E-state index in [0.717, 1.165) is 43.5 Å². The van der Waals surface area contributed by atoms with Crippen molar-refractivity contribution in [3.63, 3.8) is 0 Å². The summed E-state index contributed by atoms with van der Waals surface area (Å²) in [7, 11) is 0. The molecule has 1 aromatic rings. The smallest absolute Gasteiger partial charge is 0.321 e. The minimum absolute atomic E-state index is 0.0415. The molecule has 23 heavy (non-hydrogen) atoms. The molecule has 1 saturated heterocycles. The SMILES string of the molecule is Cc1ccccc1NC(=O)N1CCN(C2CCCCCC2)CC1. The third-order valence-corrected chi connectivity index (χ3v) is 5.33. The van der Waals surface area contributed by atoms with Gasteiger partial charge in [-0.15, -0.1) is 0 Å². The molecule has 4 heteroatoms. The Morgan fingerprint density at radius 2 is 1.65 bits per heavy atom. The number of urea groups is 1. The van der Waals surface area contributed by atoms with Gasteiger partial charge in [0.25, 0.3) is 0 Å². The van der Waals surface area contributed by atoms with Gasteiger partial charge in [0, 0.05) is 37.9 Å². The van der Waals surface area contributed by atoms with Crippen molar-refractivity contribution in [1.29, 1.82) is 0 Å². The Balaban J connectivity index is 1.50. The molecule has 0 radical (unpaired) electrons. The van der Waals surface area contributed by atoms with Gasteiger partial charge < -0.3 is 10.2 Å². The maximum absolute atomic E-state index is 12.5. The van der Waals surface area contributed by atoms with Gasteiger partial charge in [0.15, 0.2) is 0 Å². The summed E-state index contributed by atoms with van der Waals surface area (Å²) in [6.07, 6.45) is 8.23. The Bertz CT molecular complexity index is 515. The molecule has 0 unspecified atom stereocenters. The summed E-state index contributed by atoms with van der Waals surface area (Å²) >= 11 is 0. The zero-order valence-corrected chi connectivity index (χ0v) is 14.3. The number of hydrogen-bond donors (Lipinski definition) is 1. The van der Waals surface area contributed by atoms with Gasteiger partial charge >= 0.3 is 6.03 Å². The van der Waals surface area contributed by atoms with Crippen molar-refractivity contribution in [2.75, 3.05) is 31.5 Å². The number of rotatable bonds is 2. The van der Waals surface area contributed by atoms with E-state index in [1.54, 1.807) is 0 Å². The van der Waals surface area contributed by atoms with Crippen molar-refractivity contribution in [3.8, 4) is 0 Å². The second-order valence-corrected chi connectivity index (χ2v) is 6.91. The molecule has 1 N–H and O–H groups in total. The molecule has 0 aromatic heterocycles. The van der Waals surface area contributed by atoms with E-state index in [1.807, 2.05) is 36.1 Å². The highest BCUT2D eigenvalue weighted by atomic mass is 16.2. The average Bonchev–Trinajstić information content (AvgIpc) is 2.86. The summed E-state index contributed by atoms with van der Waals surface area (Å²) in [6, 6.07) is 8.75. The van der Waals surface area contributed by atoms with E-state index in [-0.39, 0.29) is 6.03 Å². The number of nitrogens with one attached hydrogen (secondary N) is 1. The van der Waals surface area contributed by atoms with Crippen LogP contribution in [0.1, 0.15) is 44.1 Å². The van der Waals surface area contributed by atoms with E-state index >= 15 is 0 Å². The van der Waals surface area contributed by atoms with E-state index in [4.69, 9.17) is 0 Å². The standard InChI is InChI=1S/C19H29N3O/c1-16-8-6-7-11-18(16)20-19(23)22-14-12-21(13-15-22)17-9-4-2-3-5-10-17/h6-8,11,17H,2-5,9-10,12-15H2,1H3,(H,20,23). The van der Waals surface area contributed by atoms with E-state index in [9.17, 15) is 4.79 Å². The molecule has 2 fully saturated rings. The van der Waals surface area contributed by atoms with Gasteiger partial charge in [-0.25, -0.2) is 4.79 Å². The number of anilines is 1. The molecule has 1 saturated carbocycles. The Morgan fingerprint density at radius 3 is 2.30 bits per heavy atom. The summed E-state index contributed by atoms with van der Waals surface area (Å²) in [5.41, 5.74) is 2.03. The molecule has 0 spiro atoms. The van der Waals surface area contributed by atoms with Crippen LogP contribution in [-0.2, 0) is 0 Å². The Morgan fingerprint density at radius 1 is 1.00 bits per heavy atom. The highest BCUT2D eigenvalue weighted by molar-refractivity contribution is 5.90. The zero-order chi connectivity index (χ0) is 16.1. The highest BCUT2D eigenvalue weighted by Gasteiger charge is 2.26. The summed E-state index contributed by atoms with van der Waals surface area (Å²) in [5, 5.41) is 3.05. The minimum Gasteiger partial charge on any atom is -0.322 e. The van der Waals surface area contributed by atoms with E-state index < -0.39 is 0 Å². The van der Waals surface area contributed by atoms with Crippen LogP contribution in [0.3, 0.4) is 0 Å². The number of para-hydroxylation sites is 1. The van der Waals surface area contributed by atoms with Crippen molar-refractivity contribution >= 4 is 11.7 Å². The molecule has 2 amide bonds. The molecule has 1 aliphatic heterocycles. The van der Waals surface area contributed by atoms with Gasteiger partial charge in [-0.2, -0.15) is 0 Å². The van der Waals surface area contributed by atoms with Crippen LogP contribution in [0.5, 0.6) is 0 Å². The van der Waals surface area contributed by atoms with Gasteiger partial charge in [-0.3, -0.25) is 4.90 Å². The summed E-state index contributed by atoms with van der Waals surface area (Å²) in [5.74, 6) is 0. The first-order chi connectivity index (χ1) is 11.2. The van der Waals surface area contributed by atoms with Crippen molar-refractivity contribution < 1.29 is 4.79 Å². The van der Waals surface area contributed by atoms with Crippen LogP contribution in [0.15, 0.2) is 24.3 Å². The number of aryl methyl sites for hydroxylation is 1. The van der Waals surface area contributed by atoms with E-state index in [0.29, 0.717) is 0 Å². The second-order valence-electron chi connectivity index (χ2n) is 6.91. The Kier molecular flexibility index (Phi) is 5.55. The third-order valence-electron chi connectivity index (χ3n) is 5.33. The van der Waals surface area contributed by atoms with Crippen LogP contribution in [0, 0.1) is 6.92 Å². The first-order valence-corrected chi connectivity index (χ1v) is 9.09. The van der Waals surface area contributed by atoms with Crippen LogP contribution in [0.25, 0.3) is 0 Å². The summed E-state index contributed by atoms with van der Waals surface area (Å²) < 4.78 is 0. The Labute approximate surface area is 139 Å². The molecule has 1 aliphatic carbocycles.